The first-order valence-corrected chi connectivity index (χ1v) is 22.5. The molecule has 6 aliphatic heterocycles. The van der Waals surface area contributed by atoms with Gasteiger partial charge < -0.3 is 37.6 Å². The van der Waals surface area contributed by atoms with Crippen LogP contribution in [0.3, 0.4) is 0 Å². The number of allylic oxidation sites excluding steroid dienone is 4. The third kappa shape index (κ3) is 12.1. The quantitative estimate of drug-likeness (QED) is 0.194. The second-order valence-electron chi connectivity index (χ2n) is 16.3. The monoisotopic (exact) mass is 768 g/mol. The van der Waals surface area contributed by atoms with Crippen LogP contribution in [0, 0.1) is 0 Å². The maximum atomic E-state index is 6.78. The first kappa shape index (κ1) is 41.3. The second kappa shape index (κ2) is 22.9. The van der Waals surface area contributed by atoms with E-state index in [-0.39, 0.29) is 24.4 Å². The van der Waals surface area contributed by atoms with Crippen LogP contribution in [-0.4, -0.2) is 65.1 Å². The van der Waals surface area contributed by atoms with Crippen molar-refractivity contribution in [2.45, 2.75) is 166 Å². The Bertz CT molecular complexity index is 1310. The molecule has 0 spiro atoms. The maximum Gasteiger partial charge on any atom is 0.502 e. The zero-order valence-corrected chi connectivity index (χ0v) is 33.9. The largest absolute Gasteiger partial charge is 0.502 e. The lowest BCUT2D eigenvalue weighted by molar-refractivity contribution is 0.00578. The van der Waals surface area contributed by atoms with Crippen LogP contribution in [-0.2, 0) is 18.6 Å². The van der Waals surface area contributed by atoms with E-state index in [4.69, 9.17) is 37.6 Å². The van der Waals surface area contributed by atoms with Gasteiger partial charge in [-0.15, -0.1) is 0 Å². The predicted octanol–water partition coefficient (Wildman–Crippen LogP) is 9.60. The Balaban J connectivity index is 1.12. The van der Waals surface area contributed by atoms with E-state index >= 15 is 0 Å². The highest BCUT2D eigenvalue weighted by molar-refractivity contribution is 6.64. The summed E-state index contributed by atoms with van der Waals surface area (Å²) in [6, 6.07) is 12.2. The van der Waals surface area contributed by atoms with Crippen LogP contribution in [0.1, 0.15) is 141 Å². The van der Waals surface area contributed by atoms with Gasteiger partial charge in [0.1, 0.15) is 23.0 Å². The van der Waals surface area contributed by atoms with Gasteiger partial charge in [-0.25, -0.2) is 0 Å². The van der Waals surface area contributed by atoms with Crippen molar-refractivity contribution in [3.8, 4) is 23.0 Å². The molecule has 9 rings (SSSR count). The van der Waals surface area contributed by atoms with Crippen LogP contribution < -0.4 is 29.9 Å². The lowest BCUT2D eigenvalue weighted by Gasteiger charge is -2.31. The van der Waals surface area contributed by atoms with E-state index in [0.29, 0.717) is 39.3 Å². The van der Waals surface area contributed by atoms with Gasteiger partial charge in [-0.3, -0.25) is 0 Å². The summed E-state index contributed by atoms with van der Waals surface area (Å²) < 4.78 is 53.1. The van der Waals surface area contributed by atoms with Crippen molar-refractivity contribution in [2.75, 3.05) is 26.4 Å². The molecule has 2 aromatic carbocycles. The standard InChI is InChI=1S/C46H66B2O8/c1-2-6-10-14-18-22-32-50-38-28-26-30-40-46(38)48-55-43-35-41-42(36-44(43)56-48)54-47(53-41)45-37(49-31-21-17-13-9-5-1)27-25-29-39(45)51-33-23-19-15-11-7-3-4-8-12-16-20-24-34-52-40/h1-4,25-30,41-44H,5-24,31-36H2/b2-1-,4-3-. The molecule has 0 N–H and O–H groups in total. The summed E-state index contributed by atoms with van der Waals surface area (Å²) in [6.07, 6.45) is 33.3. The fourth-order valence-electron chi connectivity index (χ4n) is 8.70. The van der Waals surface area contributed by atoms with Crippen molar-refractivity contribution >= 4 is 25.2 Å². The first-order valence-electron chi connectivity index (χ1n) is 22.5. The van der Waals surface area contributed by atoms with Crippen molar-refractivity contribution in [3.63, 3.8) is 0 Å². The van der Waals surface area contributed by atoms with Crippen molar-refractivity contribution in [1.29, 1.82) is 0 Å². The van der Waals surface area contributed by atoms with Gasteiger partial charge in [0.25, 0.3) is 0 Å². The van der Waals surface area contributed by atoms with E-state index < -0.39 is 14.2 Å². The summed E-state index contributed by atoms with van der Waals surface area (Å²) in [6.45, 7) is 2.63. The summed E-state index contributed by atoms with van der Waals surface area (Å²) >= 11 is 0. The molecule has 2 aromatic rings. The molecule has 0 aromatic heterocycles. The number of ether oxygens (including phenoxy) is 4. The SMILES string of the molecule is C1=C\CCCCCCOc2cccc3c2B2OC4CC5OB(OC5CC4O2)c2c(cccc2OCCCCCC/C=C\CCCCCCO3)OCCCCCC/1. The molecule has 8 bridgehead atoms. The highest BCUT2D eigenvalue weighted by atomic mass is 16.7. The fraction of sp³-hybridized carbons (Fsp3) is 0.652. The van der Waals surface area contributed by atoms with Crippen LogP contribution in [0.15, 0.2) is 60.7 Å². The Morgan fingerprint density at radius 1 is 0.339 bits per heavy atom. The normalized spacial score (nSPS) is 28.1. The van der Waals surface area contributed by atoms with Crippen LogP contribution in [0.2, 0.25) is 0 Å². The van der Waals surface area contributed by atoms with Crippen LogP contribution in [0.25, 0.3) is 0 Å². The van der Waals surface area contributed by atoms with E-state index in [1.165, 1.54) is 51.4 Å². The van der Waals surface area contributed by atoms with Gasteiger partial charge in [-0.1, -0.05) is 87.8 Å². The molecule has 304 valence electrons. The van der Waals surface area contributed by atoms with Gasteiger partial charge in [0.15, 0.2) is 0 Å². The molecule has 6 heterocycles. The van der Waals surface area contributed by atoms with E-state index in [1.807, 2.05) is 36.4 Å². The van der Waals surface area contributed by atoms with Crippen molar-refractivity contribution in [1.82, 2.24) is 0 Å². The highest BCUT2D eigenvalue weighted by Gasteiger charge is 2.54. The van der Waals surface area contributed by atoms with Crippen LogP contribution in [0.5, 0.6) is 23.0 Å². The Morgan fingerprint density at radius 3 is 0.893 bits per heavy atom. The average molecular weight is 769 g/mol. The number of fused-ring (bicyclic) bond motifs is 28. The van der Waals surface area contributed by atoms with Crippen molar-refractivity contribution in [2.24, 2.45) is 0 Å². The van der Waals surface area contributed by atoms with Gasteiger partial charge in [-0.2, -0.15) is 0 Å². The van der Waals surface area contributed by atoms with Gasteiger partial charge in [-0.05, 0) is 101 Å². The molecule has 2 saturated heterocycles. The molecule has 56 heavy (non-hydrogen) atoms. The van der Waals surface area contributed by atoms with Gasteiger partial charge in [0.2, 0.25) is 0 Å². The molecule has 7 aliphatic rings. The van der Waals surface area contributed by atoms with Crippen LogP contribution >= 0.6 is 0 Å². The van der Waals surface area contributed by atoms with Crippen molar-refractivity contribution in [3.05, 3.63) is 60.7 Å². The minimum Gasteiger partial charge on any atom is -0.494 e. The minimum atomic E-state index is -0.580. The molecule has 3 fully saturated rings. The van der Waals surface area contributed by atoms with E-state index in [0.717, 1.165) is 111 Å². The molecular weight excluding hydrogens is 702 g/mol. The van der Waals surface area contributed by atoms with E-state index in [9.17, 15) is 0 Å². The topological polar surface area (TPSA) is 73.8 Å². The van der Waals surface area contributed by atoms with Crippen molar-refractivity contribution < 1.29 is 37.6 Å². The third-order valence-electron chi connectivity index (χ3n) is 11.9. The molecule has 4 atom stereocenters. The van der Waals surface area contributed by atoms with Gasteiger partial charge >= 0.3 is 14.2 Å². The summed E-state index contributed by atoms with van der Waals surface area (Å²) in [5, 5.41) is 0. The second-order valence-corrected chi connectivity index (χ2v) is 16.3. The third-order valence-corrected chi connectivity index (χ3v) is 11.9. The number of benzene rings is 2. The zero-order chi connectivity index (χ0) is 38.0. The predicted molar refractivity (Wildman–Crippen MR) is 225 cm³/mol. The first-order chi connectivity index (χ1) is 27.8. The zero-order valence-electron chi connectivity index (χ0n) is 33.9. The molecule has 1 saturated carbocycles. The average Bonchev–Trinajstić information content (AvgIpc) is 3.81. The molecule has 8 nitrogen and oxygen atoms in total. The maximum absolute atomic E-state index is 6.78. The highest BCUT2D eigenvalue weighted by Crippen LogP contribution is 2.39. The van der Waals surface area contributed by atoms with E-state index in [1.54, 1.807) is 0 Å². The van der Waals surface area contributed by atoms with E-state index in [2.05, 4.69) is 24.3 Å². The number of rotatable bonds is 0. The Kier molecular flexibility index (Phi) is 16.9. The molecule has 0 amide bonds. The fourth-order valence-corrected chi connectivity index (χ4v) is 8.70. The minimum absolute atomic E-state index is 0.125. The number of hydrogen-bond acceptors (Lipinski definition) is 8. The lowest BCUT2D eigenvalue weighted by atomic mass is 9.77. The number of hydrogen-bond donors (Lipinski definition) is 0. The molecule has 0 radical (unpaired) electrons. The molecule has 4 unspecified atom stereocenters. The Hall–Kier alpha value is -2.91. The van der Waals surface area contributed by atoms with Crippen LogP contribution in [0.4, 0.5) is 0 Å². The molecule has 10 heteroatoms. The summed E-state index contributed by atoms with van der Waals surface area (Å²) in [7, 11) is -1.16. The van der Waals surface area contributed by atoms with Gasteiger partial charge in [0.05, 0.1) is 61.8 Å². The lowest BCUT2D eigenvalue weighted by Crippen LogP contribution is -2.41. The summed E-state index contributed by atoms with van der Waals surface area (Å²) in [4.78, 5) is 0. The smallest absolute Gasteiger partial charge is 0.494 e. The molecular formula is C46H66B2O8. The Morgan fingerprint density at radius 2 is 0.607 bits per heavy atom. The summed E-state index contributed by atoms with van der Waals surface area (Å²) in [5.41, 5.74) is 1.73. The molecule has 1 aliphatic carbocycles. The van der Waals surface area contributed by atoms with Gasteiger partial charge in [0, 0.05) is 12.8 Å². The Labute approximate surface area is 337 Å². The summed E-state index contributed by atoms with van der Waals surface area (Å²) in [5.74, 6) is 3.16.